The highest BCUT2D eigenvalue weighted by molar-refractivity contribution is 7.80. The van der Waals surface area contributed by atoms with Crippen molar-refractivity contribution in [2.45, 2.75) is 20.4 Å². The lowest BCUT2D eigenvalue weighted by Gasteiger charge is -2.13. The molecule has 0 spiro atoms. The van der Waals surface area contributed by atoms with Gasteiger partial charge in [0.05, 0.1) is 13.7 Å². The first-order valence-electron chi connectivity index (χ1n) is 9.59. The van der Waals surface area contributed by atoms with Gasteiger partial charge in [0.2, 0.25) is 5.95 Å². The van der Waals surface area contributed by atoms with Gasteiger partial charge in [-0.15, -0.1) is 0 Å². The third kappa shape index (κ3) is 6.05. The summed E-state index contributed by atoms with van der Waals surface area (Å²) in [5.74, 6) is 2.72. The number of ether oxygens (including phenoxy) is 2. The first kappa shape index (κ1) is 21.3. The second kappa shape index (κ2) is 10.4. The molecule has 0 radical (unpaired) electrons. The number of aryl methyl sites for hydroxylation is 1. The Bertz CT molecular complexity index is 995. The lowest BCUT2D eigenvalue weighted by atomic mass is 10.2. The third-order valence-corrected chi connectivity index (χ3v) is 4.40. The van der Waals surface area contributed by atoms with Crippen LogP contribution in [-0.2, 0) is 6.54 Å². The van der Waals surface area contributed by atoms with Crippen molar-refractivity contribution < 1.29 is 9.47 Å². The Balaban J connectivity index is 1.62. The van der Waals surface area contributed by atoms with Crippen LogP contribution in [0.4, 0.5) is 17.5 Å². The molecular weight excluding hydrogens is 398 g/mol. The Hall–Kier alpha value is -3.39. The first-order valence-corrected chi connectivity index (χ1v) is 10.0. The molecule has 0 aliphatic carbocycles. The molecule has 156 valence electrons. The number of nitrogens with zero attached hydrogens (tertiary/aromatic N) is 2. The Kier molecular flexibility index (Phi) is 7.40. The van der Waals surface area contributed by atoms with Crippen molar-refractivity contribution >= 4 is 34.8 Å². The topological polar surface area (TPSA) is 80.3 Å². The summed E-state index contributed by atoms with van der Waals surface area (Å²) >= 11 is 5.39. The molecule has 0 fully saturated rings. The standard InChI is InChI=1S/C22H25N5O2S/c1-4-29-18-11-9-17(10-12-18)25-20-13-15(2)24-21(26-20)27-22(30)23-14-16-7-5-6-8-19(16)28-3/h5-13H,4,14H2,1-3H3,(H3,23,24,25,26,27,30). The summed E-state index contributed by atoms with van der Waals surface area (Å²) in [5, 5.41) is 9.90. The van der Waals surface area contributed by atoms with Crippen molar-refractivity contribution in [2.24, 2.45) is 0 Å². The maximum absolute atomic E-state index is 5.47. The van der Waals surface area contributed by atoms with Gasteiger partial charge >= 0.3 is 0 Å². The number of hydrogen-bond donors (Lipinski definition) is 3. The molecule has 0 saturated carbocycles. The first-order chi connectivity index (χ1) is 14.6. The number of anilines is 3. The number of para-hydroxylation sites is 1. The van der Waals surface area contributed by atoms with E-state index in [1.165, 1.54) is 0 Å². The Morgan fingerprint density at radius 3 is 2.57 bits per heavy atom. The van der Waals surface area contributed by atoms with Gasteiger partial charge in [0.15, 0.2) is 5.11 Å². The minimum Gasteiger partial charge on any atom is -0.496 e. The summed E-state index contributed by atoms with van der Waals surface area (Å²) < 4.78 is 10.8. The summed E-state index contributed by atoms with van der Waals surface area (Å²) in [7, 11) is 1.65. The summed E-state index contributed by atoms with van der Waals surface area (Å²) in [5.41, 5.74) is 2.72. The van der Waals surface area contributed by atoms with Crippen LogP contribution in [0.3, 0.4) is 0 Å². The van der Waals surface area contributed by atoms with Gasteiger partial charge in [-0.2, -0.15) is 4.98 Å². The van der Waals surface area contributed by atoms with E-state index in [4.69, 9.17) is 21.7 Å². The molecule has 0 saturated heterocycles. The van der Waals surface area contributed by atoms with Crippen LogP contribution in [0.1, 0.15) is 18.2 Å². The van der Waals surface area contributed by atoms with Gasteiger partial charge in [-0.05, 0) is 56.4 Å². The van der Waals surface area contributed by atoms with Crippen molar-refractivity contribution in [2.75, 3.05) is 24.4 Å². The van der Waals surface area contributed by atoms with E-state index in [1.807, 2.05) is 68.4 Å². The zero-order chi connectivity index (χ0) is 21.3. The Morgan fingerprint density at radius 1 is 1.07 bits per heavy atom. The lowest BCUT2D eigenvalue weighted by Crippen LogP contribution is -2.29. The van der Waals surface area contributed by atoms with Gasteiger partial charge in [0.1, 0.15) is 17.3 Å². The molecule has 1 aromatic heterocycles. The normalized spacial score (nSPS) is 10.2. The summed E-state index contributed by atoms with van der Waals surface area (Å²) in [4.78, 5) is 8.91. The lowest BCUT2D eigenvalue weighted by molar-refractivity contribution is 0.340. The molecule has 0 unspecified atom stereocenters. The number of benzene rings is 2. The predicted molar refractivity (Wildman–Crippen MR) is 124 cm³/mol. The minimum atomic E-state index is 0.418. The second-order valence-electron chi connectivity index (χ2n) is 6.42. The van der Waals surface area contributed by atoms with Crippen LogP contribution in [0.15, 0.2) is 54.6 Å². The molecule has 0 bridgehead atoms. The molecule has 0 amide bonds. The summed E-state index contributed by atoms with van der Waals surface area (Å²) in [6.07, 6.45) is 0. The van der Waals surface area contributed by atoms with Gasteiger partial charge in [0, 0.05) is 29.6 Å². The summed E-state index contributed by atoms with van der Waals surface area (Å²) in [6, 6.07) is 17.4. The van der Waals surface area contributed by atoms with Crippen molar-refractivity contribution in [3.05, 3.63) is 65.9 Å². The highest BCUT2D eigenvalue weighted by Crippen LogP contribution is 2.20. The zero-order valence-electron chi connectivity index (χ0n) is 17.2. The van der Waals surface area contributed by atoms with Crippen LogP contribution in [0.5, 0.6) is 11.5 Å². The van der Waals surface area contributed by atoms with E-state index in [9.17, 15) is 0 Å². The van der Waals surface area contributed by atoms with E-state index in [-0.39, 0.29) is 0 Å². The molecule has 3 N–H and O–H groups in total. The number of rotatable bonds is 8. The Morgan fingerprint density at radius 2 is 1.83 bits per heavy atom. The Labute approximate surface area is 181 Å². The van der Waals surface area contributed by atoms with Crippen LogP contribution >= 0.6 is 12.2 Å². The van der Waals surface area contributed by atoms with E-state index >= 15 is 0 Å². The molecule has 2 aromatic carbocycles. The fraction of sp³-hybridized carbons (Fsp3) is 0.227. The number of nitrogens with one attached hydrogen (secondary N) is 3. The van der Waals surface area contributed by atoms with Crippen LogP contribution in [0.25, 0.3) is 0 Å². The fourth-order valence-corrected chi connectivity index (χ4v) is 2.97. The van der Waals surface area contributed by atoms with E-state index in [0.29, 0.717) is 30.0 Å². The quantitative estimate of drug-likeness (QED) is 0.460. The second-order valence-corrected chi connectivity index (χ2v) is 6.83. The molecule has 0 aliphatic heterocycles. The number of thiocarbonyl (C=S) groups is 1. The molecule has 8 heteroatoms. The van der Waals surface area contributed by atoms with Crippen molar-refractivity contribution in [1.29, 1.82) is 0 Å². The molecule has 0 aliphatic rings. The zero-order valence-corrected chi connectivity index (χ0v) is 18.0. The van der Waals surface area contributed by atoms with Gasteiger partial charge in [0.25, 0.3) is 0 Å². The molecule has 30 heavy (non-hydrogen) atoms. The van der Waals surface area contributed by atoms with Crippen LogP contribution in [-0.4, -0.2) is 28.8 Å². The largest absolute Gasteiger partial charge is 0.496 e. The highest BCUT2D eigenvalue weighted by atomic mass is 32.1. The molecule has 1 heterocycles. The van der Waals surface area contributed by atoms with E-state index < -0.39 is 0 Å². The van der Waals surface area contributed by atoms with Crippen molar-refractivity contribution in [3.8, 4) is 11.5 Å². The smallest absolute Gasteiger partial charge is 0.231 e. The van der Waals surface area contributed by atoms with Gasteiger partial charge in [-0.3, -0.25) is 0 Å². The molecule has 3 rings (SSSR count). The van der Waals surface area contributed by atoms with E-state index in [1.54, 1.807) is 7.11 Å². The third-order valence-electron chi connectivity index (χ3n) is 4.15. The molecule has 0 atom stereocenters. The maximum Gasteiger partial charge on any atom is 0.231 e. The number of hydrogen-bond acceptors (Lipinski definition) is 6. The van der Waals surface area contributed by atoms with Crippen molar-refractivity contribution in [1.82, 2.24) is 15.3 Å². The fourth-order valence-electron chi connectivity index (χ4n) is 2.81. The van der Waals surface area contributed by atoms with Gasteiger partial charge in [-0.1, -0.05) is 18.2 Å². The minimum absolute atomic E-state index is 0.418. The monoisotopic (exact) mass is 423 g/mol. The molecule has 7 nitrogen and oxygen atoms in total. The summed E-state index contributed by atoms with van der Waals surface area (Å²) in [6.45, 7) is 5.03. The van der Waals surface area contributed by atoms with Crippen LogP contribution in [0, 0.1) is 6.92 Å². The van der Waals surface area contributed by atoms with Gasteiger partial charge < -0.3 is 25.4 Å². The molecule has 3 aromatic rings. The number of aromatic nitrogens is 2. The van der Waals surface area contributed by atoms with E-state index in [0.717, 1.165) is 28.4 Å². The van der Waals surface area contributed by atoms with Crippen molar-refractivity contribution in [3.63, 3.8) is 0 Å². The van der Waals surface area contributed by atoms with Crippen LogP contribution < -0.4 is 25.4 Å². The van der Waals surface area contributed by atoms with Gasteiger partial charge in [-0.25, -0.2) is 4.98 Å². The average molecular weight is 424 g/mol. The maximum atomic E-state index is 5.47. The SMILES string of the molecule is CCOc1ccc(Nc2cc(C)nc(NC(=S)NCc3ccccc3OC)n2)cc1. The van der Waals surface area contributed by atoms with Crippen LogP contribution in [0.2, 0.25) is 0 Å². The predicted octanol–water partition coefficient (Wildman–Crippen LogP) is 4.42. The highest BCUT2D eigenvalue weighted by Gasteiger charge is 2.07. The molecular formula is C22H25N5O2S. The average Bonchev–Trinajstić information content (AvgIpc) is 2.73. The number of methoxy groups -OCH3 is 1. The van der Waals surface area contributed by atoms with E-state index in [2.05, 4.69) is 25.9 Å².